The molecule has 1 aliphatic carbocycles. The van der Waals surface area contributed by atoms with E-state index >= 15 is 4.39 Å². The standard InChI is InChI=1S/C19H17ClFN2O4P/c1-25-10-6-11(26-2)19(28)14(15(10)21)17(24)18-16(23-8-3-4-8)9-5-13(20)22-7-12(9)27-18/h5-8,23H,3-4,28H2,1-2H3. The minimum atomic E-state index is -0.785. The van der Waals surface area contributed by atoms with E-state index in [-0.39, 0.29) is 33.6 Å². The van der Waals surface area contributed by atoms with E-state index < -0.39 is 11.6 Å². The fourth-order valence-corrected chi connectivity index (χ4v) is 3.61. The topological polar surface area (TPSA) is 73.6 Å². The molecular weight excluding hydrogens is 406 g/mol. The Balaban J connectivity index is 1.92. The van der Waals surface area contributed by atoms with Gasteiger partial charge in [-0.25, -0.2) is 9.37 Å². The molecule has 1 aliphatic rings. The summed E-state index contributed by atoms with van der Waals surface area (Å²) < 4.78 is 31.1. The van der Waals surface area contributed by atoms with E-state index in [0.717, 1.165) is 12.8 Å². The molecule has 1 aromatic carbocycles. The van der Waals surface area contributed by atoms with Crippen LogP contribution in [0.1, 0.15) is 29.0 Å². The lowest BCUT2D eigenvalue weighted by Gasteiger charge is -2.14. The normalized spacial score (nSPS) is 13.6. The van der Waals surface area contributed by atoms with Gasteiger partial charge in [0.25, 0.3) is 0 Å². The predicted molar refractivity (Wildman–Crippen MR) is 108 cm³/mol. The Morgan fingerprint density at radius 1 is 1.32 bits per heavy atom. The number of hydrogen-bond donors (Lipinski definition) is 1. The van der Waals surface area contributed by atoms with Crippen LogP contribution in [0.2, 0.25) is 5.15 Å². The van der Waals surface area contributed by atoms with Gasteiger partial charge in [0, 0.05) is 22.8 Å². The number of rotatable bonds is 6. The second-order valence-corrected chi connectivity index (χ2v) is 7.41. The highest BCUT2D eigenvalue weighted by molar-refractivity contribution is 7.28. The van der Waals surface area contributed by atoms with E-state index in [9.17, 15) is 4.79 Å². The van der Waals surface area contributed by atoms with Crippen molar-refractivity contribution in [2.45, 2.75) is 18.9 Å². The van der Waals surface area contributed by atoms with Crippen molar-refractivity contribution in [1.29, 1.82) is 0 Å². The Kier molecular flexibility index (Phi) is 4.89. The van der Waals surface area contributed by atoms with Crippen LogP contribution in [0.5, 0.6) is 11.5 Å². The molecule has 2 heterocycles. The van der Waals surface area contributed by atoms with Gasteiger partial charge in [-0.1, -0.05) is 11.6 Å². The minimum absolute atomic E-state index is 0.0103. The summed E-state index contributed by atoms with van der Waals surface area (Å²) in [5.41, 5.74) is 0.673. The number of aromatic nitrogens is 1. The molecule has 0 saturated heterocycles. The van der Waals surface area contributed by atoms with E-state index in [0.29, 0.717) is 22.4 Å². The Morgan fingerprint density at radius 2 is 2.04 bits per heavy atom. The average Bonchev–Trinajstić information content (AvgIpc) is 3.43. The van der Waals surface area contributed by atoms with Gasteiger partial charge in [-0.2, -0.15) is 0 Å². The third-order valence-electron chi connectivity index (χ3n) is 4.57. The van der Waals surface area contributed by atoms with E-state index in [4.69, 9.17) is 25.5 Å². The Bertz CT molecular complexity index is 1070. The summed E-state index contributed by atoms with van der Waals surface area (Å²) in [6.07, 6.45) is 3.40. The molecular formula is C19H17ClFN2O4P. The number of ketones is 1. The first-order valence-electron chi connectivity index (χ1n) is 8.53. The molecule has 146 valence electrons. The average molecular weight is 423 g/mol. The van der Waals surface area contributed by atoms with Gasteiger partial charge in [0.2, 0.25) is 5.78 Å². The number of nitrogens with zero attached hydrogens (tertiary/aromatic N) is 1. The van der Waals surface area contributed by atoms with Gasteiger partial charge < -0.3 is 19.2 Å². The highest BCUT2D eigenvalue weighted by Crippen LogP contribution is 2.38. The first kappa shape index (κ1) is 19.0. The second kappa shape index (κ2) is 7.22. The molecule has 0 aliphatic heterocycles. The molecule has 0 spiro atoms. The van der Waals surface area contributed by atoms with Crippen LogP contribution in [0.4, 0.5) is 10.1 Å². The van der Waals surface area contributed by atoms with Crippen molar-refractivity contribution >= 4 is 48.6 Å². The van der Waals surface area contributed by atoms with Gasteiger partial charge in [0.05, 0.1) is 31.7 Å². The summed E-state index contributed by atoms with van der Waals surface area (Å²) in [7, 11) is 5.10. The lowest BCUT2D eigenvalue weighted by Crippen LogP contribution is -2.18. The summed E-state index contributed by atoms with van der Waals surface area (Å²) in [5, 5.41) is 4.46. The second-order valence-electron chi connectivity index (χ2n) is 6.44. The number of anilines is 1. The van der Waals surface area contributed by atoms with E-state index in [1.165, 1.54) is 26.5 Å². The smallest absolute Gasteiger partial charge is 0.234 e. The molecule has 1 unspecified atom stereocenters. The molecule has 9 heteroatoms. The molecule has 4 rings (SSSR count). The molecule has 1 atom stereocenters. The number of ether oxygens (including phenoxy) is 2. The summed E-state index contributed by atoms with van der Waals surface area (Å²) in [5.74, 6) is -1.21. The number of carbonyl (C=O) groups is 1. The number of benzene rings is 1. The maximum absolute atomic E-state index is 15.0. The van der Waals surface area contributed by atoms with Gasteiger partial charge >= 0.3 is 0 Å². The van der Waals surface area contributed by atoms with Crippen molar-refractivity contribution < 1.29 is 23.1 Å². The Morgan fingerprint density at radius 3 is 2.68 bits per heavy atom. The number of halogens is 2. The lowest BCUT2D eigenvalue weighted by atomic mass is 10.0. The summed E-state index contributed by atoms with van der Waals surface area (Å²) in [6, 6.07) is 3.24. The Labute approximate surface area is 167 Å². The molecule has 28 heavy (non-hydrogen) atoms. The third-order valence-corrected chi connectivity index (χ3v) is 5.35. The van der Waals surface area contributed by atoms with Crippen molar-refractivity contribution in [3.63, 3.8) is 0 Å². The fourth-order valence-electron chi connectivity index (χ4n) is 2.99. The van der Waals surface area contributed by atoms with Crippen molar-refractivity contribution in [3.05, 3.63) is 40.6 Å². The van der Waals surface area contributed by atoms with Crippen LogP contribution >= 0.6 is 20.8 Å². The zero-order valence-corrected chi connectivity index (χ0v) is 17.0. The molecule has 0 bridgehead atoms. The maximum Gasteiger partial charge on any atom is 0.234 e. The molecule has 1 saturated carbocycles. The largest absolute Gasteiger partial charge is 0.496 e. The summed E-state index contributed by atoms with van der Waals surface area (Å²) >= 11 is 6.02. The van der Waals surface area contributed by atoms with Gasteiger partial charge in [0.15, 0.2) is 22.9 Å². The number of methoxy groups -OCH3 is 2. The number of furan rings is 1. The highest BCUT2D eigenvalue weighted by atomic mass is 35.5. The fraction of sp³-hybridized carbons (Fsp3) is 0.263. The van der Waals surface area contributed by atoms with E-state index in [2.05, 4.69) is 19.5 Å². The van der Waals surface area contributed by atoms with Crippen LogP contribution in [-0.2, 0) is 0 Å². The van der Waals surface area contributed by atoms with Gasteiger partial charge in [-0.05, 0) is 18.9 Å². The van der Waals surface area contributed by atoms with Crippen molar-refractivity contribution in [2.24, 2.45) is 0 Å². The van der Waals surface area contributed by atoms with Crippen molar-refractivity contribution in [2.75, 3.05) is 19.5 Å². The van der Waals surface area contributed by atoms with Crippen LogP contribution in [0.25, 0.3) is 11.0 Å². The van der Waals surface area contributed by atoms with Crippen LogP contribution < -0.4 is 20.1 Å². The number of carbonyl (C=O) groups excluding carboxylic acids is 1. The Hall–Kier alpha value is -2.37. The maximum atomic E-state index is 15.0. The summed E-state index contributed by atoms with van der Waals surface area (Å²) in [6.45, 7) is 0. The van der Waals surface area contributed by atoms with Crippen LogP contribution in [0.15, 0.2) is 22.7 Å². The first-order chi connectivity index (χ1) is 13.4. The molecule has 6 nitrogen and oxygen atoms in total. The molecule has 3 aromatic rings. The van der Waals surface area contributed by atoms with Crippen molar-refractivity contribution in [1.82, 2.24) is 4.98 Å². The number of fused-ring (bicyclic) bond motifs is 1. The molecule has 0 radical (unpaired) electrons. The molecule has 0 amide bonds. The van der Waals surface area contributed by atoms with Crippen LogP contribution in [0, 0.1) is 5.82 Å². The zero-order valence-electron chi connectivity index (χ0n) is 15.1. The van der Waals surface area contributed by atoms with Crippen LogP contribution in [0.3, 0.4) is 0 Å². The highest BCUT2D eigenvalue weighted by Gasteiger charge is 2.32. The quantitative estimate of drug-likeness (QED) is 0.368. The number of pyridine rings is 1. The number of hydrogen-bond acceptors (Lipinski definition) is 6. The van der Waals surface area contributed by atoms with Gasteiger partial charge in [-0.3, -0.25) is 4.79 Å². The lowest BCUT2D eigenvalue weighted by molar-refractivity contribution is 0.101. The van der Waals surface area contributed by atoms with Gasteiger partial charge in [-0.15, -0.1) is 9.24 Å². The molecule has 1 N–H and O–H groups in total. The predicted octanol–water partition coefficient (Wildman–Crippen LogP) is 3.94. The van der Waals surface area contributed by atoms with E-state index in [1.807, 2.05) is 0 Å². The van der Waals surface area contributed by atoms with E-state index in [1.54, 1.807) is 6.07 Å². The zero-order chi connectivity index (χ0) is 20.0. The monoisotopic (exact) mass is 422 g/mol. The minimum Gasteiger partial charge on any atom is -0.496 e. The van der Waals surface area contributed by atoms with Crippen molar-refractivity contribution in [3.8, 4) is 11.5 Å². The molecule has 2 aromatic heterocycles. The third kappa shape index (κ3) is 3.19. The van der Waals surface area contributed by atoms with Gasteiger partial charge in [0.1, 0.15) is 10.9 Å². The molecule has 1 fully saturated rings. The first-order valence-corrected chi connectivity index (χ1v) is 9.49. The summed E-state index contributed by atoms with van der Waals surface area (Å²) in [4.78, 5) is 17.3. The number of nitrogens with one attached hydrogen (secondary N) is 1. The van der Waals surface area contributed by atoms with Crippen LogP contribution in [-0.4, -0.2) is 31.0 Å². The SMILES string of the molecule is COc1cc(OC)c(P)c(C(=O)c2oc3cnc(Cl)cc3c2NC2CC2)c1F.